The summed E-state index contributed by atoms with van der Waals surface area (Å²) in [6.45, 7) is 3.77. The Hall–Kier alpha value is -4.27. The van der Waals surface area contributed by atoms with Gasteiger partial charge >= 0.3 is 12.0 Å². The molecule has 0 unspecified atom stereocenters. The van der Waals surface area contributed by atoms with Crippen LogP contribution in [0, 0.1) is 17.6 Å². The first kappa shape index (κ1) is 23.9. The Morgan fingerprint density at radius 1 is 0.943 bits per heavy atom. The van der Waals surface area contributed by atoms with Gasteiger partial charge in [-0.15, -0.1) is 0 Å². The number of hydrogen-bond acceptors (Lipinski definition) is 3. The Morgan fingerprint density at radius 2 is 1.57 bits per heavy atom. The topological polar surface area (TPSA) is 98.7 Å². The molecule has 0 fully saturated rings. The number of para-hydroxylation sites is 1. The number of nitrogens with zero attached hydrogens (tertiary/aromatic N) is 1. The third-order valence-electron chi connectivity index (χ3n) is 5.84. The molecule has 35 heavy (non-hydrogen) atoms. The number of fused-ring (bicyclic) bond motifs is 1. The average molecular weight is 479 g/mol. The standard InChI is InChI=1S/C26H23F2N3O4/c1-14(2)23(25(33)34)31-13-17-7-6-16(12-19(17)24(31)32)15-8-10-18(11-9-15)29-26(35)30-22-20(27)4-3-5-21(22)28/h3-12,14,23H,13H2,1-2H3,(H,33,34)(H2,29,30,35)/t23-/m0/s1. The van der Waals surface area contributed by atoms with Crippen LogP contribution in [0.25, 0.3) is 11.1 Å². The highest BCUT2D eigenvalue weighted by Crippen LogP contribution is 2.31. The number of aliphatic carboxylic acids is 1. The first-order chi connectivity index (χ1) is 16.7. The molecule has 3 N–H and O–H groups in total. The molecule has 3 aromatic rings. The number of carboxylic acid groups (broad SMARTS) is 1. The quantitative estimate of drug-likeness (QED) is 0.444. The third kappa shape index (κ3) is 4.84. The summed E-state index contributed by atoms with van der Waals surface area (Å²) in [6.07, 6.45) is 0. The SMILES string of the molecule is CC(C)[C@@H](C(=O)O)N1Cc2ccc(-c3ccc(NC(=O)Nc4c(F)cccc4F)cc3)cc2C1=O. The van der Waals surface area contributed by atoms with Crippen molar-refractivity contribution in [2.45, 2.75) is 26.4 Å². The molecule has 0 radical (unpaired) electrons. The summed E-state index contributed by atoms with van der Waals surface area (Å²) < 4.78 is 27.4. The van der Waals surface area contributed by atoms with Gasteiger partial charge in [-0.05, 0) is 52.9 Å². The smallest absolute Gasteiger partial charge is 0.326 e. The van der Waals surface area contributed by atoms with Gasteiger partial charge in [0.25, 0.3) is 5.91 Å². The van der Waals surface area contributed by atoms with Crippen molar-refractivity contribution in [3.8, 4) is 11.1 Å². The van der Waals surface area contributed by atoms with Crippen LogP contribution in [0.1, 0.15) is 29.8 Å². The van der Waals surface area contributed by atoms with Gasteiger partial charge in [-0.3, -0.25) is 4.79 Å². The van der Waals surface area contributed by atoms with E-state index in [4.69, 9.17) is 0 Å². The molecule has 1 atom stereocenters. The van der Waals surface area contributed by atoms with Gasteiger partial charge in [-0.2, -0.15) is 0 Å². The Balaban J connectivity index is 1.48. The van der Waals surface area contributed by atoms with Crippen molar-refractivity contribution in [3.63, 3.8) is 0 Å². The molecule has 9 heteroatoms. The van der Waals surface area contributed by atoms with Gasteiger partial charge in [-0.25, -0.2) is 18.4 Å². The molecule has 3 aromatic carbocycles. The van der Waals surface area contributed by atoms with Crippen LogP contribution in [0.15, 0.2) is 60.7 Å². The molecule has 180 valence electrons. The molecule has 0 aliphatic carbocycles. The third-order valence-corrected chi connectivity index (χ3v) is 5.84. The highest BCUT2D eigenvalue weighted by molar-refractivity contribution is 6.02. The van der Waals surface area contributed by atoms with Crippen molar-refractivity contribution >= 4 is 29.3 Å². The lowest BCUT2D eigenvalue weighted by atomic mass is 10.00. The molecular weight excluding hydrogens is 456 g/mol. The number of amides is 3. The predicted octanol–water partition coefficient (Wildman–Crippen LogP) is 5.34. The maximum absolute atomic E-state index is 13.7. The van der Waals surface area contributed by atoms with Crippen molar-refractivity contribution in [2.24, 2.45) is 5.92 Å². The van der Waals surface area contributed by atoms with Crippen LogP contribution in [0.5, 0.6) is 0 Å². The maximum Gasteiger partial charge on any atom is 0.326 e. The van der Waals surface area contributed by atoms with Gasteiger partial charge < -0.3 is 20.6 Å². The van der Waals surface area contributed by atoms with Crippen molar-refractivity contribution in [2.75, 3.05) is 10.6 Å². The molecule has 1 aliphatic heterocycles. The summed E-state index contributed by atoms with van der Waals surface area (Å²) >= 11 is 0. The zero-order chi connectivity index (χ0) is 25.3. The van der Waals surface area contributed by atoms with E-state index in [0.29, 0.717) is 11.3 Å². The summed E-state index contributed by atoms with van der Waals surface area (Å²) in [5.41, 5.74) is 2.60. The Kier molecular flexibility index (Phi) is 6.50. The summed E-state index contributed by atoms with van der Waals surface area (Å²) in [4.78, 5) is 38.2. The zero-order valence-corrected chi connectivity index (χ0v) is 19.0. The minimum atomic E-state index is -1.04. The lowest BCUT2D eigenvalue weighted by Crippen LogP contribution is -2.44. The van der Waals surface area contributed by atoms with Crippen molar-refractivity contribution in [1.82, 2.24) is 4.90 Å². The van der Waals surface area contributed by atoms with Crippen LogP contribution in [0.4, 0.5) is 25.0 Å². The fourth-order valence-electron chi connectivity index (χ4n) is 4.15. The van der Waals surface area contributed by atoms with Crippen LogP contribution < -0.4 is 10.6 Å². The lowest BCUT2D eigenvalue weighted by Gasteiger charge is -2.27. The zero-order valence-electron chi connectivity index (χ0n) is 19.0. The molecule has 1 heterocycles. The molecule has 0 bridgehead atoms. The van der Waals surface area contributed by atoms with E-state index < -0.39 is 35.4 Å². The number of carboxylic acids is 1. The Morgan fingerprint density at radius 3 is 2.17 bits per heavy atom. The first-order valence-corrected chi connectivity index (χ1v) is 10.9. The van der Waals surface area contributed by atoms with Crippen LogP contribution in [0.2, 0.25) is 0 Å². The summed E-state index contributed by atoms with van der Waals surface area (Å²) in [7, 11) is 0. The molecule has 0 aromatic heterocycles. The van der Waals surface area contributed by atoms with E-state index in [1.807, 2.05) is 12.1 Å². The summed E-state index contributed by atoms with van der Waals surface area (Å²) in [5.74, 6) is -3.37. The lowest BCUT2D eigenvalue weighted by molar-refractivity contribution is -0.144. The van der Waals surface area contributed by atoms with E-state index in [2.05, 4.69) is 10.6 Å². The summed E-state index contributed by atoms with van der Waals surface area (Å²) in [5, 5.41) is 14.2. The van der Waals surface area contributed by atoms with E-state index in [9.17, 15) is 28.3 Å². The maximum atomic E-state index is 13.7. The van der Waals surface area contributed by atoms with Crippen LogP contribution in [0.3, 0.4) is 0 Å². The van der Waals surface area contributed by atoms with Crippen LogP contribution >= 0.6 is 0 Å². The molecule has 1 aliphatic rings. The number of carbonyl (C=O) groups excluding carboxylic acids is 2. The number of rotatable bonds is 6. The fourth-order valence-corrected chi connectivity index (χ4v) is 4.15. The molecular formula is C26H23F2N3O4. The summed E-state index contributed by atoms with van der Waals surface area (Å²) in [6, 6.07) is 13.6. The van der Waals surface area contributed by atoms with Gasteiger partial charge in [0.15, 0.2) is 0 Å². The normalized spacial score (nSPS) is 13.5. The van der Waals surface area contributed by atoms with Gasteiger partial charge in [-0.1, -0.05) is 44.2 Å². The average Bonchev–Trinajstić information content (AvgIpc) is 3.12. The Bertz CT molecular complexity index is 1290. The van der Waals surface area contributed by atoms with E-state index in [1.54, 1.807) is 44.2 Å². The van der Waals surface area contributed by atoms with Gasteiger partial charge in [0.2, 0.25) is 0 Å². The predicted molar refractivity (Wildman–Crippen MR) is 127 cm³/mol. The largest absolute Gasteiger partial charge is 0.480 e. The van der Waals surface area contributed by atoms with Gasteiger partial charge in [0, 0.05) is 17.8 Å². The second kappa shape index (κ2) is 9.54. The molecule has 0 spiro atoms. The van der Waals surface area contributed by atoms with Gasteiger partial charge in [0.1, 0.15) is 23.4 Å². The first-order valence-electron chi connectivity index (χ1n) is 10.9. The van der Waals surface area contributed by atoms with E-state index in [0.717, 1.165) is 28.8 Å². The highest BCUT2D eigenvalue weighted by atomic mass is 19.1. The van der Waals surface area contributed by atoms with Crippen molar-refractivity contribution < 1.29 is 28.3 Å². The highest BCUT2D eigenvalue weighted by Gasteiger charge is 2.38. The fraction of sp³-hybridized carbons (Fsp3) is 0.192. The van der Waals surface area contributed by atoms with Gasteiger partial charge in [0.05, 0.1) is 0 Å². The number of benzene rings is 3. The monoisotopic (exact) mass is 479 g/mol. The molecule has 3 amide bonds. The second-order valence-corrected chi connectivity index (χ2v) is 8.59. The van der Waals surface area contributed by atoms with Crippen LogP contribution in [-0.4, -0.2) is 34.0 Å². The van der Waals surface area contributed by atoms with Crippen LogP contribution in [-0.2, 0) is 11.3 Å². The molecule has 4 rings (SSSR count). The number of nitrogens with one attached hydrogen (secondary N) is 2. The number of carbonyl (C=O) groups is 3. The number of anilines is 2. The second-order valence-electron chi connectivity index (χ2n) is 8.59. The minimum Gasteiger partial charge on any atom is -0.480 e. The van der Waals surface area contributed by atoms with E-state index in [-0.39, 0.29) is 18.4 Å². The minimum absolute atomic E-state index is 0.239. The van der Waals surface area contributed by atoms with E-state index in [1.165, 1.54) is 11.0 Å². The number of hydrogen-bond donors (Lipinski definition) is 3. The van der Waals surface area contributed by atoms with Crippen molar-refractivity contribution in [3.05, 3.63) is 83.4 Å². The van der Waals surface area contributed by atoms with Crippen molar-refractivity contribution in [1.29, 1.82) is 0 Å². The molecule has 0 saturated heterocycles. The molecule has 0 saturated carbocycles. The van der Waals surface area contributed by atoms with E-state index >= 15 is 0 Å². The Labute approximate surface area is 200 Å². The number of urea groups is 1. The number of halogens is 2. The molecule has 7 nitrogen and oxygen atoms in total.